The first-order valence-electron chi connectivity index (χ1n) is 8.50. The van der Waals surface area contributed by atoms with Crippen LogP contribution in [0.4, 0.5) is 0 Å². The minimum absolute atomic E-state index is 0.124. The van der Waals surface area contributed by atoms with E-state index in [2.05, 4.69) is 16.4 Å². The molecule has 1 aliphatic rings. The molecule has 0 saturated heterocycles. The summed E-state index contributed by atoms with van der Waals surface area (Å²) < 4.78 is 1.21. The van der Waals surface area contributed by atoms with Crippen molar-refractivity contribution in [2.45, 2.75) is 38.6 Å². The molecule has 0 aliphatic heterocycles. The molecule has 1 fully saturated rings. The summed E-state index contributed by atoms with van der Waals surface area (Å²) >= 11 is 1.70. The molecule has 0 atom stereocenters. The van der Waals surface area contributed by atoms with Crippen molar-refractivity contribution >= 4 is 27.5 Å². The van der Waals surface area contributed by atoms with Crippen molar-refractivity contribution in [3.05, 3.63) is 29.3 Å². The second-order valence-electron chi connectivity index (χ2n) is 6.56. The minimum atomic E-state index is 0.124. The summed E-state index contributed by atoms with van der Waals surface area (Å²) in [6.07, 6.45) is 6.52. The summed E-state index contributed by atoms with van der Waals surface area (Å²) in [6.45, 7) is 1.99. The zero-order chi connectivity index (χ0) is 16.1. The zero-order valence-corrected chi connectivity index (χ0v) is 14.6. The van der Waals surface area contributed by atoms with Crippen molar-refractivity contribution in [1.29, 1.82) is 0 Å². The van der Waals surface area contributed by atoms with Crippen LogP contribution in [0.15, 0.2) is 24.3 Å². The lowest BCUT2D eigenvalue weighted by Gasteiger charge is -2.22. The highest BCUT2D eigenvalue weighted by Gasteiger charge is 2.15. The van der Waals surface area contributed by atoms with Gasteiger partial charge in [0.15, 0.2) is 0 Å². The largest absolute Gasteiger partial charge is 0.355 e. The lowest BCUT2D eigenvalue weighted by atomic mass is 9.89. The van der Waals surface area contributed by atoms with Gasteiger partial charge < -0.3 is 5.32 Å². The van der Waals surface area contributed by atoms with E-state index in [1.807, 2.05) is 30.1 Å². The molecule has 5 heteroatoms. The molecule has 1 aliphatic carbocycles. The average Bonchev–Trinajstić information content (AvgIpc) is 2.96. The van der Waals surface area contributed by atoms with Gasteiger partial charge in [-0.2, -0.15) is 0 Å². The number of nitrogens with one attached hydrogen (secondary N) is 1. The molecule has 1 saturated carbocycles. The van der Waals surface area contributed by atoms with Gasteiger partial charge >= 0.3 is 0 Å². The van der Waals surface area contributed by atoms with E-state index in [-0.39, 0.29) is 5.91 Å². The second-order valence-corrected chi connectivity index (χ2v) is 7.67. The summed E-state index contributed by atoms with van der Waals surface area (Å²) in [5.41, 5.74) is 1.04. The highest BCUT2D eigenvalue weighted by Crippen LogP contribution is 2.23. The first kappa shape index (κ1) is 16.4. The number of benzene rings is 1. The monoisotopic (exact) mass is 331 g/mol. The molecule has 23 heavy (non-hydrogen) atoms. The van der Waals surface area contributed by atoms with Crippen molar-refractivity contribution in [1.82, 2.24) is 15.2 Å². The smallest absolute Gasteiger partial charge is 0.234 e. The Hall–Kier alpha value is -1.46. The van der Waals surface area contributed by atoms with Crippen LogP contribution in [0.5, 0.6) is 0 Å². The molecule has 1 aromatic carbocycles. The van der Waals surface area contributed by atoms with E-state index < -0.39 is 0 Å². The van der Waals surface area contributed by atoms with Crippen LogP contribution >= 0.6 is 11.3 Å². The molecule has 124 valence electrons. The maximum absolute atomic E-state index is 12.1. The molecular weight excluding hydrogens is 306 g/mol. The number of carbonyl (C=O) groups excluding carboxylic acids is 1. The lowest BCUT2D eigenvalue weighted by molar-refractivity contribution is -0.122. The van der Waals surface area contributed by atoms with Crippen LogP contribution in [0, 0.1) is 5.92 Å². The predicted molar refractivity (Wildman–Crippen MR) is 95.5 cm³/mol. The fourth-order valence-electron chi connectivity index (χ4n) is 3.22. The van der Waals surface area contributed by atoms with Gasteiger partial charge in [0.2, 0.25) is 5.91 Å². The highest BCUT2D eigenvalue weighted by molar-refractivity contribution is 7.18. The van der Waals surface area contributed by atoms with Crippen molar-refractivity contribution in [3.8, 4) is 0 Å². The van der Waals surface area contributed by atoms with Gasteiger partial charge in [0.1, 0.15) is 5.01 Å². The van der Waals surface area contributed by atoms with Crippen LogP contribution in [0.1, 0.15) is 37.1 Å². The zero-order valence-electron chi connectivity index (χ0n) is 13.8. The number of carbonyl (C=O) groups is 1. The van der Waals surface area contributed by atoms with Crippen molar-refractivity contribution in [2.24, 2.45) is 5.92 Å². The number of thiazole rings is 1. The summed E-state index contributed by atoms with van der Waals surface area (Å²) in [5, 5.41) is 4.16. The first-order valence-corrected chi connectivity index (χ1v) is 9.32. The molecule has 0 bridgehead atoms. The number of hydrogen-bond donors (Lipinski definition) is 1. The van der Waals surface area contributed by atoms with Gasteiger partial charge in [-0.1, -0.05) is 31.4 Å². The molecule has 0 radical (unpaired) electrons. The van der Waals surface area contributed by atoms with Crippen LogP contribution in [0.3, 0.4) is 0 Å². The van der Waals surface area contributed by atoms with Crippen molar-refractivity contribution < 1.29 is 4.79 Å². The first-order chi connectivity index (χ1) is 11.2. The van der Waals surface area contributed by atoms with E-state index in [1.165, 1.54) is 36.8 Å². The number of aromatic nitrogens is 1. The minimum Gasteiger partial charge on any atom is -0.355 e. The standard InChI is InChI=1S/C18H25N3OS/c1-21(12-17(22)19-11-14-7-3-2-4-8-14)13-18-20-15-9-5-6-10-16(15)23-18/h5-6,9-10,14H,2-4,7-8,11-13H2,1H3,(H,19,22). The van der Waals surface area contributed by atoms with Crippen LogP contribution < -0.4 is 5.32 Å². The van der Waals surface area contributed by atoms with E-state index in [1.54, 1.807) is 11.3 Å². The third kappa shape index (κ3) is 4.75. The van der Waals surface area contributed by atoms with Gasteiger partial charge in [-0.15, -0.1) is 11.3 Å². The Morgan fingerprint density at radius 3 is 2.87 bits per heavy atom. The number of nitrogens with zero attached hydrogens (tertiary/aromatic N) is 2. The van der Waals surface area contributed by atoms with Gasteiger partial charge in [-0.25, -0.2) is 4.98 Å². The number of fused-ring (bicyclic) bond motifs is 1. The van der Waals surface area contributed by atoms with E-state index in [4.69, 9.17) is 0 Å². The van der Waals surface area contributed by atoms with Crippen molar-refractivity contribution in [2.75, 3.05) is 20.1 Å². The van der Waals surface area contributed by atoms with Crippen LogP contribution in [-0.2, 0) is 11.3 Å². The van der Waals surface area contributed by atoms with Crippen molar-refractivity contribution in [3.63, 3.8) is 0 Å². The Bertz CT molecular complexity index is 616. The molecule has 3 rings (SSSR count). The summed E-state index contributed by atoms with van der Waals surface area (Å²) in [4.78, 5) is 18.7. The number of likely N-dealkylation sites (N-methyl/N-ethyl adjacent to an activating group) is 1. The number of amides is 1. The number of rotatable bonds is 6. The summed E-state index contributed by atoms with van der Waals surface area (Å²) in [5.74, 6) is 0.807. The molecule has 0 unspecified atom stereocenters. The fourth-order valence-corrected chi connectivity index (χ4v) is 4.27. The highest BCUT2D eigenvalue weighted by atomic mass is 32.1. The van der Waals surface area contributed by atoms with Gasteiger partial charge in [0, 0.05) is 6.54 Å². The van der Waals surface area contributed by atoms with E-state index in [9.17, 15) is 4.79 Å². The molecule has 1 aromatic heterocycles. The molecule has 1 N–H and O–H groups in total. The van der Waals surface area contributed by atoms with Gasteiger partial charge in [0.25, 0.3) is 0 Å². The maximum Gasteiger partial charge on any atom is 0.234 e. The fraction of sp³-hybridized carbons (Fsp3) is 0.556. The third-order valence-electron chi connectivity index (χ3n) is 4.47. The normalized spacial score (nSPS) is 16.1. The molecule has 4 nitrogen and oxygen atoms in total. The van der Waals surface area contributed by atoms with Crippen LogP contribution in [-0.4, -0.2) is 35.9 Å². The Morgan fingerprint density at radius 1 is 1.30 bits per heavy atom. The molecule has 1 amide bonds. The SMILES string of the molecule is CN(CC(=O)NCC1CCCCC1)Cc1nc2ccccc2s1. The number of hydrogen-bond acceptors (Lipinski definition) is 4. The second kappa shape index (κ2) is 7.88. The molecule has 1 heterocycles. The maximum atomic E-state index is 12.1. The topological polar surface area (TPSA) is 45.2 Å². The Kier molecular flexibility index (Phi) is 5.62. The quantitative estimate of drug-likeness (QED) is 0.882. The van der Waals surface area contributed by atoms with Crippen LogP contribution in [0.25, 0.3) is 10.2 Å². The van der Waals surface area contributed by atoms with Gasteiger partial charge in [0.05, 0.1) is 23.3 Å². The average molecular weight is 331 g/mol. The van der Waals surface area contributed by atoms with E-state index in [0.29, 0.717) is 12.5 Å². The number of para-hydroxylation sites is 1. The third-order valence-corrected chi connectivity index (χ3v) is 5.49. The Morgan fingerprint density at radius 2 is 2.09 bits per heavy atom. The van der Waals surface area contributed by atoms with Crippen LogP contribution in [0.2, 0.25) is 0 Å². The Balaban J connectivity index is 1.44. The van der Waals surface area contributed by atoms with E-state index in [0.717, 1.165) is 23.6 Å². The summed E-state index contributed by atoms with van der Waals surface area (Å²) in [7, 11) is 1.98. The molecular formula is C18H25N3OS. The lowest BCUT2D eigenvalue weighted by Crippen LogP contribution is -2.37. The Labute approximate surface area is 141 Å². The molecule has 2 aromatic rings. The van der Waals surface area contributed by atoms with E-state index >= 15 is 0 Å². The van der Waals surface area contributed by atoms with Gasteiger partial charge in [-0.05, 0) is 37.9 Å². The predicted octanol–water partition coefficient (Wildman–Crippen LogP) is 3.42. The molecule has 0 spiro atoms. The van der Waals surface area contributed by atoms with Gasteiger partial charge in [-0.3, -0.25) is 9.69 Å². The summed E-state index contributed by atoms with van der Waals surface area (Å²) in [6, 6.07) is 8.17.